The predicted molar refractivity (Wildman–Crippen MR) is 61.6 cm³/mol. The third kappa shape index (κ3) is 0.976. The highest BCUT2D eigenvalue weighted by Crippen LogP contribution is 2.48. The second-order valence-corrected chi connectivity index (χ2v) is 4.34. The summed E-state index contributed by atoms with van der Waals surface area (Å²) in [6.07, 6.45) is 0. The van der Waals surface area contributed by atoms with Gasteiger partial charge in [-0.3, -0.25) is 4.79 Å². The highest BCUT2D eigenvalue weighted by atomic mass is 16.5. The van der Waals surface area contributed by atoms with Crippen molar-refractivity contribution in [2.45, 2.75) is 5.41 Å². The Kier molecular flexibility index (Phi) is 1.76. The molecule has 1 aromatic carbocycles. The molecule has 2 heterocycles. The molecular weight excluding hydrogens is 218 g/mol. The van der Waals surface area contributed by atoms with Crippen molar-refractivity contribution in [3.8, 4) is 0 Å². The summed E-state index contributed by atoms with van der Waals surface area (Å²) in [5.41, 5.74) is 0.863. The van der Waals surface area contributed by atoms with Gasteiger partial charge in [-0.2, -0.15) is 0 Å². The van der Waals surface area contributed by atoms with E-state index in [4.69, 9.17) is 4.74 Å². The first-order chi connectivity index (χ1) is 8.09. The lowest BCUT2D eigenvalue weighted by molar-refractivity contribution is -0.135. The van der Waals surface area contributed by atoms with Gasteiger partial charge in [-0.05, 0) is 11.6 Å². The summed E-state index contributed by atoms with van der Waals surface area (Å²) in [7, 11) is 1.70. The van der Waals surface area contributed by atoms with Gasteiger partial charge in [0.25, 0.3) is 0 Å². The van der Waals surface area contributed by atoms with Crippen LogP contribution in [0, 0.1) is 0 Å². The lowest BCUT2D eigenvalue weighted by atomic mass is 9.78. The average Bonchev–Trinajstić information content (AvgIpc) is 2.76. The van der Waals surface area contributed by atoms with E-state index in [-0.39, 0.29) is 18.1 Å². The van der Waals surface area contributed by atoms with Gasteiger partial charge in [-0.25, -0.2) is 4.79 Å². The number of cyclic esters (lactones) is 1. The molecule has 4 nitrogen and oxygen atoms in total. The molecule has 2 aliphatic heterocycles. The SMILES string of the molecule is C=C1C(=O)OCC12C(=O)N(C)c1ccccc12. The Balaban J connectivity index is 2.29. The standard InChI is InChI=1S/C13H11NO3/c1-8-11(15)17-7-13(8)9-5-3-4-6-10(9)14(2)12(13)16/h3-6H,1,7H2,2H3. The van der Waals surface area contributed by atoms with E-state index in [0.29, 0.717) is 0 Å². The van der Waals surface area contributed by atoms with Crippen LogP contribution in [0.5, 0.6) is 0 Å². The van der Waals surface area contributed by atoms with Gasteiger partial charge >= 0.3 is 5.97 Å². The van der Waals surface area contributed by atoms with Crippen molar-refractivity contribution in [1.29, 1.82) is 0 Å². The molecule has 0 aromatic heterocycles. The Bertz CT molecular complexity index is 564. The molecule has 0 N–H and O–H groups in total. The molecule has 1 amide bonds. The fourth-order valence-corrected chi connectivity index (χ4v) is 2.59. The Morgan fingerprint density at radius 1 is 1.35 bits per heavy atom. The van der Waals surface area contributed by atoms with Crippen LogP contribution in [-0.2, 0) is 19.7 Å². The molecule has 1 aromatic rings. The van der Waals surface area contributed by atoms with E-state index in [9.17, 15) is 9.59 Å². The first-order valence-electron chi connectivity index (χ1n) is 5.33. The maximum Gasteiger partial charge on any atom is 0.335 e. The maximum absolute atomic E-state index is 12.4. The van der Waals surface area contributed by atoms with Gasteiger partial charge in [0.2, 0.25) is 5.91 Å². The molecule has 0 bridgehead atoms. The molecule has 1 saturated heterocycles. The van der Waals surface area contributed by atoms with Gasteiger partial charge < -0.3 is 9.64 Å². The van der Waals surface area contributed by atoms with Crippen LogP contribution in [0.3, 0.4) is 0 Å². The average molecular weight is 229 g/mol. The topological polar surface area (TPSA) is 46.6 Å². The number of ether oxygens (including phenoxy) is 1. The smallest absolute Gasteiger partial charge is 0.335 e. The Morgan fingerprint density at radius 2 is 2.06 bits per heavy atom. The van der Waals surface area contributed by atoms with Crippen molar-refractivity contribution < 1.29 is 14.3 Å². The number of anilines is 1. The lowest BCUT2D eigenvalue weighted by Crippen LogP contribution is -2.40. The number of nitrogens with zero attached hydrogens (tertiary/aromatic N) is 1. The summed E-state index contributed by atoms with van der Waals surface area (Å²) in [4.78, 5) is 25.4. The van der Waals surface area contributed by atoms with Crippen LogP contribution in [0.1, 0.15) is 5.56 Å². The third-order valence-corrected chi connectivity index (χ3v) is 3.58. The zero-order valence-electron chi connectivity index (χ0n) is 9.40. The minimum absolute atomic E-state index is 0.0604. The number of fused-ring (bicyclic) bond motifs is 2. The van der Waals surface area contributed by atoms with E-state index in [2.05, 4.69) is 6.58 Å². The number of esters is 1. The second-order valence-electron chi connectivity index (χ2n) is 4.34. The zero-order valence-corrected chi connectivity index (χ0v) is 9.40. The molecule has 17 heavy (non-hydrogen) atoms. The third-order valence-electron chi connectivity index (χ3n) is 3.58. The van der Waals surface area contributed by atoms with Crippen LogP contribution in [0.2, 0.25) is 0 Å². The fourth-order valence-electron chi connectivity index (χ4n) is 2.59. The number of likely N-dealkylation sites (N-methyl/N-ethyl adjacent to an activating group) is 1. The fraction of sp³-hybridized carbons (Fsp3) is 0.231. The number of carbonyl (C=O) groups excluding carboxylic acids is 2. The van der Waals surface area contributed by atoms with Gasteiger partial charge in [0.1, 0.15) is 12.0 Å². The van der Waals surface area contributed by atoms with Crippen molar-refractivity contribution in [2.75, 3.05) is 18.6 Å². The van der Waals surface area contributed by atoms with Crippen molar-refractivity contribution in [3.63, 3.8) is 0 Å². The van der Waals surface area contributed by atoms with Crippen LogP contribution in [0.25, 0.3) is 0 Å². The molecule has 86 valence electrons. The van der Waals surface area contributed by atoms with Gasteiger partial charge in [0.15, 0.2) is 0 Å². The van der Waals surface area contributed by atoms with E-state index in [1.165, 1.54) is 0 Å². The summed E-state index contributed by atoms with van der Waals surface area (Å²) in [5, 5.41) is 0. The number of benzene rings is 1. The first-order valence-corrected chi connectivity index (χ1v) is 5.33. The van der Waals surface area contributed by atoms with Crippen molar-refractivity contribution >= 4 is 17.6 Å². The summed E-state index contributed by atoms with van der Waals surface area (Å²) in [6.45, 7) is 3.79. The molecule has 4 heteroatoms. The van der Waals surface area contributed by atoms with Crippen LogP contribution in [0.4, 0.5) is 5.69 Å². The van der Waals surface area contributed by atoms with E-state index in [1.807, 2.05) is 24.3 Å². The molecule has 1 fully saturated rings. The van der Waals surface area contributed by atoms with E-state index >= 15 is 0 Å². The minimum Gasteiger partial charge on any atom is -0.460 e. The van der Waals surface area contributed by atoms with Crippen molar-refractivity contribution in [2.24, 2.45) is 0 Å². The van der Waals surface area contributed by atoms with Crippen LogP contribution in [-0.4, -0.2) is 25.5 Å². The molecule has 1 unspecified atom stereocenters. The molecule has 1 atom stereocenters. The maximum atomic E-state index is 12.4. The van der Waals surface area contributed by atoms with E-state index in [0.717, 1.165) is 11.3 Å². The summed E-state index contributed by atoms with van der Waals surface area (Å²) in [6, 6.07) is 7.42. The number of rotatable bonds is 0. The highest BCUT2D eigenvalue weighted by molar-refractivity contribution is 6.16. The molecule has 1 spiro atoms. The summed E-state index contributed by atoms with van der Waals surface area (Å²) in [5.74, 6) is -0.627. The minimum atomic E-state index is -0.998. The van der Waals surface area contributed by atoms with Gasteiger partial charge in [0, 0.05) is 12.7 Å². The number of hydrogen-bond donors (Lipinski definition) is 0. The normalized spacial score (nSPS) is 26.6. The summed E-state index contributed by atoms with van der Waals surface area (Å²) < 4.78 is 4.99. The molecule has 0 saturated carbocycles. The van der Waals surface area contributed by atoms with Crippen LogP contribution in [0.15, 0.2) is 36.4 Å². The number of amides is 1. The largest absolute Gasteiger partial charge is 0.460 e. The number of para-hydroxylation sites is 1. The summed E-state index contributed by atoms with van der Waals surface area (Å²) >= 11 is 0. The van der Waals surface area contributed by atoms with Crippen LogP contribution >= 0.6 is 0 Å². The monoisotopic (exact) mass is 229 g/mol. The van der Waals surface area contributed by atoms with Gasteiger partial charge in [0.05, 0.1) is 5.57 Å². The predicted octanol–water partition coefficient (Wildman–Crippen LogP) is 1.01. The molecule has 0 radical (unpaired) electrons. The molecule has 0 aliphatic carbocycles. The quantitative estimate of drug-likeness (QED) is 0.493. The van der Waals surface area contributed by atoms with Crippen molar-refractivity contribution in [3.05, 3.63) is 42.0 Å². The number of hydrogen-bond acceptors (Lipinski definition) is 3. The molecule has 3 rings (SSSR count). The van der Waals surface area contributed by atoms with Crippen molar-refractivity contribution in [1.82, 2.24) is 0 Å². The zero-order chi connectivity index (χ0) is 12.2. The Hall–Kier alpha value is -2.10. The lowest BCUT2D eigenvalue weighted by Gasteiger charge is -2.19. The second kappa shape index (κ2) is 2.97. The molecule has 2 aliphatic rings. The highest BCUT2D eigenvalue weighted by Gasteiger charge is 2.58. The van der Waals surface area contributed by atoms with Gasteiger partial charge in [-0.15, -0.1) is 0 Å². The Morgan fingerprint density at radius 3 is 2.71 bits per heavy atom. The molecular formula is C13H11NO3. The van der Waals surface area contributed by atoms with Gasteiger partial charge in [-0.1, -0.05) is 24.8 Å². The first kappa shape index (κ1) is 10.1. The van der Waals surface area contributed by atoms with E-state index < -0.39 is 11.4 Å². The number of carbonyl (C=O) groups is 2. The van der Waals surface area contributed by atoms with Crippen LogP contribution < -0.4 is 4.90 Å². The Labute approximate surface area is 98.5 Å². The van der Waals surface area contributed by atoms with E-state index in [1.54, 1.807) is 11.9 Å².